The van der Waals surface area contributed by atoms with Gasteiger partial charge in [0.2, 0.25) is 0 Å². The molecule has 0 aliphatic rings. The largest absolute Gasteiger partial charge is 0.390 e. The van der Waals surface area contributed by atoms with E-state index >= 15 is 0 Å². The Balaban J connectivity index is 2.86. The maximum atomic E-state index is 12.1. The maximum absolute atomic E-state index is 12.1. The van der Waals surface area contributed by atoms with Gasteiger partial charge in [-0.25, -0.2) is 9.97 Å². The van der Waals surface area contributed by atoms with Crippen molar-refractivity contribution in [1.82, 2.24) is 9.97 Å². The number of rotatable bonds is 5. The van der Waals surface area contributed by atoms with Crippen molar-refractivity contribution in [2.45, 2.75) is 45.7 Å². The zero-order chi connectivity index (χ0) is 15.4. The van der Waals surface area contributed by atoms with Crippen molar-refractivity contribution in [3.63, 3.8) is 0 Å². The lowest BCUT2D eigenvalue weighted by Crippen LogP contribution is -2.20. The van der Waals surface area contributed by atoms with Crippen LogP contribution in [0.4, 0.5) is 24.8 Å². The first-order chi connectivity index (χ1) is 9.12. The Labute approximate surface area is 117 Å². The predicted octanol–water partition coefficient (Wildman–Crippen LogP) is 3.57. The van der Waals surface area contributed by atoms with E-state index < -0.39 is 12.6 Å². The van der Waals surface area contributed by atoms with E-state index in [1.165, 1.54) is 0 Å². The fourth-order valence-electron chi connectivity index (χ4n) is 1.48. The fraction of sp³-hybridized carbons (Fsp3) is 0.692. The number of aromatic nitrogens is 2. The molecule has 1 aromatic heterocycles. The molecule has 0 atom stereocenters. The summed E-state index contributed by atoms with van der Waals surface area (Å²) >= 11 is 0. The van der Waals surface area contributed by atoms with Crippen LogP contribution in [0.25, 0.3) is 0 Å². The maximum Gasteiger partial charge on any atom is 0.390 e. The highest BCUT2D eigenvalue weighted by Crippen LogP contribution is 2.23. The second-order valence-corrected chi connectivity index (χ2v) is 5.53. The van der Waals surface area contributed by atoms with Crippen LogP contribution < -0.4 is 10.6 Å². The second kappa shape index (κ2) is 6.28. The van der Waals surface area contributed by atoms with E-state index in [1.54, 1.807) is 6.07 Å². The van der Waals surface area contributed by atoms with Crippen LogP contribution in [0.2, 0.25) is 0 Å². The van der Waals surface area contributed by atoms with E-state index in [0.717, 1.165) is 0 Å². The molecule has 114 valence electrons. The molecule has 4 nitrogen and oxygen atoms in total. The van der Waals surface area contributed by atoms with E-state index in [1.807, 2.05) is 27.7 Å². The van der Waals surface area contributed by atoms with Crippen molar-refractivity contribution in [2.24, 2.45) is 0 Å². The van der Waals surface area contributed by atoms with Crippen molar-refractivity contribution in [2.75, 3.05) is 23.7 Å². The van der Waals surface area contributed by atoms with Gasteiger partial charge in [-0.2, -0.15) is 13.2 Å². The third kappa shape index (κ3) is 5.63. The number of nitrogens with zero attached hydrogens (tertiary/aromatic N) is 2. The molecule has 0 aliphatic carbocycles. The molecule has 0 spiro atoms. The summed E-state index contributed by atoms with van der Waals surface area (Å²) in [5, 5.41) is 5.76. The van der Waals surface area contributed by atoms with Gasteiger partial charge in [-0.05, 0) is 6.92 Å². The van der Waals surface area contributed by atoms with Crippen molar-refractivity contribution in [1.29, 1.82) is 0 Å². The molecular weight excluding hydrogens is 269 g/mol. The minimum Gasteiger partial charge on any atom is -0.370 e. The SMILES string of the molecule is CCNc1cc(NCCC(F)(F)F)nc(C(C)(C)C)n1. The number of hydrogen-bond donors (Lipinski definition) is 2. The molecule has 7 heteroatoms. The van der Waals surface area contributed by atoms with Gasteiger partial charge < -0.3 is 10.6 Å². The molecule has 0 saturated carbocycles. The molecule has 0 aliphatic heterocycles. The van der Waals surface area contributed by atoms with Gasteiger partial charge in [0, 0.05) is 24.6 Å². The fourth-order valence-corrected chi connectivity index (χ4v) is 1.48. The van der Waals surface area contributed by atoms with Gasteiger partial charge in [0.25, 0.3) is 0 Å². The van der Waals surface area contributed by atoms with Gasteiger partial charge in [-0.15, -0.1) is 0 Å². The van der Waals surface area contributed by atoms with Crippen molar-refractivity contribution in [3.8, 4) is 0 Å². The van der Waals surface area contributed by atoms with Crippen LogP contribution in [0.5, 0.6) is 0 Å². The average molecular weight is 290 g/mol. The average Bonchev–Trinajstić information content (AvgIpc) is 2.26. The highest BCUT2D eigenvalue weighted by atomic mass is 19.4. The van der Waals surface area contributed by atoms with Gasteiger partial charge in [0.05, 0.1) is 6.42 Å². The number of hydrogen-bond acceptors (Lipinski definition) is 4. The minimum atomic E-state index is -4.17. The molecule has 1 heterocycles. The summed E-state index contributed by atoms with van der Waals surface area (Å²) in [6.45, 7) is 8.28. The summed E-state index contributed by atoms with van der Waals surface area (Å²) < 4.78 is 36.4. The Morgan fingerprint density at radius 1 is 1.05 bits per heavy atom. The second-order valence-electron chi connectivity index (χ2n) is 5.53. The first-order valence-electron chi connectivity index (χ1n) is 6.56. The topological polar surface area (TPSA) is 49.8 Å². The normalized spacial score (nSPS) is 12.3. The van der Waals surface area contributed by atoms with E-state index in [-0.39, 0.29) is 12.0 Å². The summed E-state index contributed by atoms with van der Waals surface area (Å²) in [5.74, 6) is 1.61. The third-order valence-corrected chi connectivity index (χ3v) is 2.47. The van der Waals surface area contributed by atoms with Gasteiger partial charge in [0.15, 0.2) is 0 Å². The minimum absolute atomic E-state index is 0.199. The summed E-state index contributed by atoms with van der Waals surface area (Å²) in [7, 11) is 0. The molecule has 0 radical (unpaired) electrons. The van der Waals surface area contributed by atoms with E-state index in [0.29, 0.717) is 24.0 Å². The molecule has 0 amide bonds. The quantitative estimate of drug-likeness (QED) is 0.870. The molecule has 1 aromatic rings. The third-order valence-electron chi connectivity index (χ3n) is 2.47. The Bertz CT molecular complexity index is 438. The summed E-state index contributed by atoms with van der Waals surface area (Å²) in [6.07, 6.45) is -5.06. The highest BCUT2D eigenvalue weighted by Gasteiger charge is 2.26. The van der Waals surface area contributed by atoms with Gasteiger partial charge >= 0.3 is 6.18 Å². The summed E-state index contributed by atoms with van der Waals surface area (Å²) in [5.41, 5.74) is -0.272. The van der Waals surface area contributed by atoms with Gasteiger partial charge in [-0.1, -0.05) is 20.8 Å². The van der Waals surface area contributed by atoms with Gasteiger partial charge in [-0.3, -0.25) is 0 Å². The molecule has 0 aromatic carbocycles. The van der Waals surface area contributed by atoms with Crippen LogP contribution in [0.3, 0.4) is 0 Å². The Kier molecular flexibility index (Phi) is 5.19. The molecule has 20 heavy (non-hydrogen) atoms. The zero-order valence-electron chi connectivity index (χ0n) is 12.2. The molecular formula is C13H21F3N4. The molecule has 0 fully saturated rings. The number of nitrogens with one attached hydrogen (secondary N) is 2. The Hall–Kier alpha value is -1.53. The number of alkyl halides is 3. The van der Waals surface area contributed by atoms with E-state index in [4.69, 9.17) is 0 Å². The lowest BCUT2D eigenvalue weighted by molar-refractivity contribution is -0.131. The van der Waals surface area contributed by atoms with Crippen LogP contribution >= 0.6 is 0 Å². The number of anilines is 2. The Morgan fingerprint density at radius 2 is 1.60 bits per heavy atom. The molecule has 2 N–H and O–H groups in total. The first-order valence-corrected chi connectivity index (χ1v) is 6.56. The standard InChI is InChI=1S/C13H21F3N4/c1-5-17-9-8-10(18-7-6-13(14,15)16)20-11(19-9)12(2,3)4/h8H,5-7H2,1-4H3,(H2,17,18,19,20). The monoisotopic (exact) mass is 290 g/mol. The smallest absolute Gasteiger partial charge is 0.370 e. The molecule has 1 rings (SSSR count). The van der Waals surface area contributed by atoms with Crippen molar-refractivity contribution < 1.29 is 13.2 Å². The summed E-state index contributed by atoms with van der Waals surface area (Å²) in [4.78, 5) is 8.64. The van der Waals surface area contributed by atoms with Crippen LogP contribution in [-0.2, 0) is 5.41 Å². The highest BCUT2D eigenvalue weighted by molar-refractivity contribution is 5.48. The van der Waals surface area contributed by atoms with E-state index in [2.05, 4.69) is 20.6 Å². The van der Waals surface area contributed by atoms with Gasteiger partial charge in [0.1, 0.15) is 17.5 Å². The lowest BCUT2D eigenvalue weighted by atomic mass is 9.96. The predicted molar refractivity (Wildman–Crippen MR) is 74.1 cm³/mol. The van der Waals surface area contributed by atoms with E-state index in [9.17, 15) is 13.2 Å². The van der Waals surface area contributed by atoms with Crippen LogP contribution in [0, 0.1) is 0 Å². The van der Waals surface area contributed by atoms with Crippen LogP contribution in [-0.4, -0.2) is 29.2 Å². The Morgan fingerprint density at radius 3 is 2.05 bits per heavy atom. The van der Waals surface area contributed by atoms with Crippen molar-refractivity contribution in [3.05, 3.63) is 11.9 Å². The first kappa shape index (κ1) is 16.5. The molecule has 0 saturated heterocycles. The number of halogens is 3. The van der Waals surface area contributed by atoms with Crippen molar-refractivity contribution >= 4 is 11.6 Å². The molecule has 0 unspecified atom stereocenters. The summed E-state index contributed by atoms with van der Waals surface area (Å²) in [6, 6.07) is 1.62. The zero-order valence-corrected chi connectivity index (χ0v) is 12.2. The van der Waals surface area contributed by atoms with Crippen LogP contribution in [0.1, 0.15) is 39.9 Å². The van der Waals surface area contributed by atoms with Crippen LogP contribution in [0.15, 0.2) is 6.07 Å². The lowest BCUT2D eigenvalue weighted by Gasteiger charge is -2.19. The molecule has 0 bridgehead atoms.